The number of sulfonamides is 1. The first kappa shape index (κ1) is 17.3. The van der Waals surface area contributed by atoms with Crippen LogP contribution in [0, 0.1) is 0 Å². The van der Waals surface area contributed by atoms with Crippen molar-refractivity contribution in [3.05, 3.63) is 24.3 Å². The first-order valence-electron chi connectivity index (χ1n) is 4.82. The highest BCUT2D eigenvalue weighted by Gasteiger charge is 2.46. The summed E-state index contributed by atoms with van der Waals surface area (Å²) in [6, 6.07) is 4.46. The van der Waals surface area contributed by atoms with Gasteiger partial charge in [0, 0.05) is 5.69 Å². The summed E-state index contributed by atoms with van der Waals surface area (Å²) >= 11 is 0. The highest BCUT2D eigenvalue weighted by Crippen LogP contribution is 2.58. The van der Waals surface area contributed by atoms with Crippen molar-refractivity contribution >= 4 is 30.9 Å². The van der Waals surface area contributed by atoms with Crippen molar-refractivity contribution in [1.82, 2.24) is 4.72 Å². The Labute approximate surface area is 114 Å². The molecule has 0 radical (unpaired) electrons. The zero-order chi connectivity index (χ0) is 15.8. The van der Waals surface area contributed by atoms with Gasteiger partial charge in [0.15, 0.2) is 0 Å². The highest BCUT2D eigenvalue weighted by atomic mass is 32.2. The molecule has 0 aromatic heterocycles. The number of nitrogen functional groups attached to an aromatic ring is 1. The molecule has 0 saturated heterocycles. The van der Waals surface area contributed by atoms with Gasteiger partial charge in [0.2, 0.25) is 15.5 Å². The predicted octanol–water partition coefficient (Wildman–Crippen LogP) is -0.814. The van der Waals surface area contributed by atoms with Gasteiger partial charge < -0.3 is 25.3 Å². The van der Waals surface area contributed by atoms with E-state index in [-0.39, 0.29) is 5.69 Å². The number of anilines is 1. The zero-order valence-corrected chi connectivity index (χ0v) is 12.3. The van der Waals surface area contributed by atoms with Crippen LogP contribution in [0.15, 0.2) is 29.2 Å². The second kappa shape index (κ2) is 5.55. The molecule has 7 N–H and O–H groups in total. The molecule has 0 aliphatic rings. The van der Waals surface area contributed by atoms with E-state index in [9.17, 15) is 17.5 Å². The van der Waals surface area contributed by atoms with Gasteiger partial charge in [0.1, 0.15) is 0 Å². The van der Waals surface area contributed by atoms with Crippen LogP contribution in [0.2, 0.25) is 0 Å². The Balaban J connectivity index is 3.20. The number of rotatable bonds is 5. The average molecular weight is 346 g/mol. The van der Waals surface area contributed by atoms with E-state index in [1.54, 1.807) is 0 Å². The summed E-state index contributed by atoms with van der Waals surface area (Å²) in [5.41, 5.74) is 2.74. The molecule has 0 unspecified atom stereocenters. The molecule has 10 nitrogen and oxygen atoms in total. The van der Waals surface area contributed by atoms with E-state index in [1.807, 2.05) is 0 Å². The van der Waals surface area contributed by atoms with E-state index in [0.29, 0.717) is 0 Å². The van der Waals surface area contributed by atoms with E-state index in [1.165, 1.54) is 16.9 Å². The molecule has 0 spiro atoms. The first-order valence-corrected chi connectivity index (χ1v) is 9.67. The Hall–Kier alpha value is -0.770. The van der Waals surface area contributed by atoms with Gasteiger partial charge in [-0.05, 0) is 24.3 Å². The van der Waals surface area contributed by atoms with E-state index in [2.05, 4.69) is 0 Å². The molecule has 0 heterocycles. The van der Waals surface area contributed by atoms with Crippen molar-refractivity contribution in [3.8, 4) is 0 Å². The largest absolute Gasteiger partial charge is 0.399 e. The molecule has 0 aliphatic carbocycles. The lowest BCUT2D eigenvalue weighted by molar-refractivity contribution is 0.335. The van der Waals surface area contributed by atoms with Crippen molar-refractivity contribution in [2.75, 3.05) is 5.73 Å². The fourth-order valence-corrected chi connectivity index (χ4v) is 5.59. The maximum Gasteiger partial charge on any atom is 0.355 e. The lowest BCUT2D eigenvalue weighted by atomic mass is 10.3. The van der Waals surface area contributed by atoms with Gasteiger partial charge in [-0.3, -0.25) is 9.13 Å². The minimum absolute atomic E-state index is 0.241. The zero-order valence-electron chi connectivity index (χ0n) is 9.69. The normalized spacial score (nSPS) is 13.7. The summed E-state index contributed by atoms with van der Waals surface area (Å²) in [7, 11) is -15.3. The maximum atomic E-state index is 11.8. The molecular weight excluding hydrogens is 334 g/mol. The molecule has 1 rings (SSSR count). The van der Waals surface area contributed by atoms with Crippen molar-refractivity contribution in [2.45, 2.75) is 10.4 Å². The van der Waals surface area contributed by atoms with Crippen LogP contribution in [-0.4, -0.2) is 33.5 Å². The van der Waals surface area contributed by atoms with E-state index < -0.39 is 35.6 Å². The molecule has 0 aliphatic heterocycles. The van der Waals surface area contributed by atoms with Gasteiger partial charge in [-0.1, -0.05) is 0 Å². The second-order valence-corrected chi connectivity index (χ2v) is 9.25. The molecule has 0 fully saturated rings. The third-order valence-corrected chi connectivity index (χ3v) is 7.21. The Bertz CT molecular complexity index is 653. The molecular formula is C7H12N2O8P2S. The summed E-state index contributed by atoms with van der Waals surface area (Å²) < 4.78 is 46.9. The Morgan fingerprint density at radius 2 is 1.40 bits per heavy atom. The van der Waals surface area contributed by atoms with Crippen LogP contribution < -0.4 is 10.5 Å². The van der Waals surface area contributed by atoms with Crippen LogP contribution in [-0.2, 0) is 19.2 Å². The van der Waals surface area contributed by atoms with Gasteiger partial charge in [-0.15, -0.1) is 0 Å². The summed E-state index contributed by atoms with van der Waals surface area (Å²) in [5, 5.41) is 0. The number of nitrogens with one attached hydrogen (secondary N) is 1. The van der Waals surface area contributed by atoms with Gasteiger partial charge in [0.25, 0.3) is 0 Å². The topological polar surface area (TPSA) is 187 Å². The lowest BCUT2D eigenvalue weighted by Gasteiger charge is -2.20. The summed E-state index contributed by atoms with van der Waals surface area (Å²) in [6.45, 7) is 0. The van der Waals surface area contributed by atoms with Crippen LogP contribution in [0.5, 0.6) is 0 Å². The Morgan fingerprint density at radius 3 is 1.75 bits per heavy atom. The number of benzene rings is 1. The molecule has 0 amide bonds. The smallest absolute Gasteiger partial charge is 0.355 e. The summed E-state index contributed by atoms with van der Waals surface area (Å²) in [6.07, 6.45) is 0. The summed E-state index contributed by atoms with van der Waals surface area (Å²) in [4.78, 5) is 34.9. The van der Waals surface area contributed by atoms with Gasteiger partial charge in [0.05, 0.1) is 4.90 Å². The molecule has 20 heavy (non-hydrogen) atoms. The summed E-state index contributed by atoms with van der Waals surface area (Å²) in [5.74, 6) is 0. The van der Waals surface area contributed by atoms with Crippen LogP contribution in [0.3, 0.4) is 0 Å². The third-order valence-electron chi connectivity index (χ3n) is 2.09. The van der Waals surface area contributed by atoms with Crippen LogP contribution in [0.25, 0.3) is 0 Å². The second-order valence-electron chi connectivity index (χ2n) is 3.74. The van der Waals surface area contributed by atoms with Crippen molar-refractivity contribution in [2.24, 2.45) is 0 Å². The van der Waals surface area contributed by atoms with Crippen molar-refractivity contribution in [3.63, 3.8) is 0 Å². The lowest BCUT2D eigenvalue weighted by Crippen LogP contribution is -2.34. The average Bonchev–Trinajstić information content (AvgIpc) is 2.23. The van der Waals surface area contributed by atoms with E-state index in [0.717, 1.165) is 12.1 Å². The molecule has 0 saturated carbocycles. The Kier molecular flexibility index (Phi) is 4.79. The third kappa shape index (κ3) is 4.37. The minimum atomic E-state index is -5.40. The quantitative estimate of drug-likeness (QED) is 0.292. The standard InChI is InChI=1S/C7H12N2O8P2S/c8-5-1-3-6(4-2-5)20(16,17)9-7(18(10,11)12)19(13,14)15/h1-4,7,9H,8H2,(H2,10,11,12)(H2,13,14,15). The Morgan fingerprint density at radius 1 is 1.00 bits per heavy atom. The number of hydrogen-bond donors (Lipinski definition) is 6. The highest BCUT2D eigenvalue weighted by molar-refractivity contribution is 7.90. The van der Waals surface area contributed by atoms with E-state index in [4.69, 9.17) is 25.3 Å². The van der Waals surface area contributed by atoms with Crippen molar-refractivity contribution < 1.29 is 37.1 Å². The van der Waals surface area contributed by atoms with Crippen molar-refractivity contribution in [1.29, 1.82) is 0 Å². The monoisotopic (exact) mass is 346 g/mol. The molecule has 0 atom stereocenters. The molecule has 114 valence electrons. The fourth-order valence-electron chi connectivity index (χ4n) is 1.19. The SMILES string of the molecule is Nc1ccc(S(=O)(=O)NC(P(=O)(O)O)P(=O)(O)O)cc1. The maximum absolute atomic E-state index is 11.8. The van der Waals surface area contributed by atoms with Crippen LogP contribution in [0.4, 0.5) is 5.69 Å². The van der Waals surface area contributed by atoms with Gasteiger partial charge in [-0.2, -0.15) is 4.72 Å². The predicted molar refractivity (Wildman–Crippen MR) is 69.1 cm³/mol. The van der Waals surface area contributed by atoms with Gasteiger partial charge >= 0.3 is 15.2 Å². The molecule has 1 aromatic carbocycles. The van der Waals surface area contributed by atoms with E-state index >= 15 is 0 Å². The first-order chi connectivity index (χ1) is 8.84. The molecule has 13 heteroatoms. The molecule has 1 aromatic rings. The van der Waals surface area contributed by atoms with Crippen LogP contribution >= 0.6 is 15.2 Å². The van der Waals surface area contributed by atoms with Crippen LogP contribution in [0.1, 0.15) is 0 Å². The fraction of sp³-hybridized carbons (Fsp3) is 0.143. The minimum Gasteiger partial charge on any atom is -0.399 e. The van der Waals surface area contributed by atoms with Gasteiger partial charge in [-0.25, -0.2) is 8.42 Å². The number of nitrogens with two attached hydrogens (primary N) is 1. The number of hydrogen-bond acceptors (Lipinski definition) is 5. The molecule has 0 bridgehead atoms.